The van der Waals surface area contributed by atoms with Crippen molar-refractivity contribution in [3.63, 3.8) is 0 Å². The molecule has 142 valence electrons. The zero-order valence-electron chi connectivity index (χ0n) is 15.2. The third-order valence-corrected chi connectivity index (χ3v) is 6.35. The van der Waals surface area contributed by atoms with Gasteiger partial charge in [0.1, 0.15) is 12.1 Å². The molecule has 7 heteroatoms. The van der Waals surface area contributed by atoms with Crippen LogP contribution in [0.25, 0.3) is 10.9 Å². The van der Waals surface area contributed by atoms with Crippen molar-refractivity contribution >= 4 is 26.6 Å². The number of aliphatic hydroxyl groups excluding tert-OH is 1. The molecule has 2 aromatic rings. The number of nitrogens with one attached hydrogen (secondary N) is 1. The summed E-state index contributed by atoms with van der Waals surface area (Å²) in [5.41, 5.74) is 0.697. The lowest BCUT2D eigenvalue weighted by atomic mass is 9.83. The minimum atomic E-state index is -3.29. The Morgan fingerprint density at radius 2 is 2.00 bits per heavy atom. The van der Waals surface area contributed by atoms with Gasteiger partial charge in [0, 0.05) is 24.8 Å². The van der Waals surface area contributed by atoms with Gasteiger partial charge in [-0.15, -0.1) is 0 Å². The first-order valence-corrected chi connectivity index (χ1v) is 11.2. The van der Waals surface area contributed by atoms with Gasteiger partial charge in [0.15, 0.2) is 9.84 Å². The number of fused-ring (bicyclic) bond motifs is 1. The number of rotatable bonds is 7. The molecule has 1 aliphatic rings. The molecule has 1 aliphatic carbocycles. The predicted molar refractivity (Wildman–Crippen MR) is 103 cm³/mol. The van der Waals surface area contributed by atoms with Crippen LogP contribution in [0, 0.1) is 11.8 Å². The number of hydrogen-bond acceptors (Lipinski definition) is 6. The lowest BCUT2D eigenvalue weighted by Crippen LogP contribution is -2.22. The fraction of sp³-hybridized carbons (Fsp3) is 0.579. The minimum absolute atomic E-state index is 0.140. The quantitative estimate of drug-likeness (QED) is 0.770. The van der Waals surface area contributed by atoms with Gasteiger partial charge < -0.3 is 10.4 Å². The molecular weight excluding hydrogens is 350 g/mol. The summed E-state index contributed by atoms with van der Waals surface area (Å²) in [5.74, 6) is 1.48. The van der Waals surface area contributed by atoms with Crippen LogP contribution in [-0.2, 0) is 9.84 Å². The molecule has 3 rings (SSSR count). The topological polar surface area (TPSA) is 92.2 Å². The first kappa shape index (κ1) is 19.0. The average Bonchev–Trinajstić information content (AvgIpc) is 2.64. The van der Waals surface area contributed by atoms with Crippen molar-refractivity contribution in [1.29, 1.82) is 0 Å². The summed E-state index contributed by atoms with van der Waals surface area (Å²) in [4.78, 5) is 8.75. The van der Waals surface area contributed by atoms with E-state index in [0.29, 0.717) is 29.2 Å². The van der Waals surface area contributed by atoms with Gasteiger partial charge in [0.25, 0.3) is 0 Å². The third kappa shape index (κ3) is 4.71. The van der Waals surface area contributed by atoms with Crippen LogP contribution in [0.4, 0.5) is 5.82 Å². The molecule has 1 heterocycles. The van der Waals surface area contributed by atoms with Gasteiger partial charge >= 0.3 is 0 Å². The Morgan fingerprint density at radius 3 is 2.69 bits per heavy atom. The Morgan fingerprint density at radius 1 is 1.23 bits per heavy atom. The van der Waals surface area contributed by atoms with Gasteiger partial charge in [-0.1, -0.05) is 32.1 Å². The van der Waals surface area contributed by atoms with Crippen LogP contribution < -0.4 is 5.32 Å². The van der Waals surface area contributed by atoms with Crippen LogP contribution in [0.3, 0.4) is 0 Å². The van der Waals surface area contributed by atoms with Crippen LogP contribution in [0.1, 0.15) is 38.5 Å². The smallest absolute Gasteiger partial charge is 0.175 e. The standard InChI is InChI=1S/C19H27N3O3S/c1-26(24,25)16-7-8-18-17(10-16)19(22-13-21-18)20-11-15(12-23)9-14-5-3-2-4-6-14/h7-8,10,13-15,23H,2-6,9,11-12H2,1H3,(H,20,21,22)/t15-/m0/s1. The highest BCUT2D eigenvalue weighted by molar-refractivity contribution is 7.90. The van der Waals surface area contributed by atoms with Crippen LogP contribution in [0.2, 0.25) is 0 Å². The molecule has 6 nitrogen and oxygen atoms in total. The van der Waals surface area contributed by atoms with Crippen molar-refractivity contribution in [2.45, 2.75) is 43.4 Å². The van der Waals surface area contributed by atoms with Crippen molar-refractivity contribution in [3.8, 4) is 0 Å². The van der Waals surface area contributed by atoms with Gasteiger partial charge in [-0.3, -0.25) is 0 Å². The molecular formula is C19H27N3O3S. The van der Waals surface area contributed by atoms with E-state index in [1.807, 2.05) is 0 Å². The summed E-state index contributed by atoms with van der Waals surface area (Å²) >= 11 is 0. The Kier molecular flexibility index (Phi) is 6.09. The fourth-order valence-electron chi connectivity index (χ4n) is 3.76. The second kappa shape index (κ2) is 8.31. The number of aliphatic hydroxyl groups is 1. The van der Waals surface area contributed by atoms with E-state index < -0.39 is 9.84 Å². The van der Waals surface area contributed by atoms with Crippen LogP contribution >= 0.6 is 0 Å². The highest BCUT2D eigenvalue weighted by Crippen LogP contribution is 2.29. The number of hydrogen-bond donors (Lipinski definition) is 2. The minimum Gasteiger partial charge on any atom is -0.396 e. The predicted octanol–water partition coefficient (Wildman–Crippen LogP) is 3.02. The maximum absolute atomic E-state index is 11.8. The van der Waals surface area contributed by atoms with Gasteiger partial charge in [-0.2, -0.15) is 0 Å². The largest absolute Gasteiger partial charge is 0.396 e. The second-order valence-corrected chi connectivity index (χ2v) is 9.36. The Hall–Kier alpha value is -1.73. The molecule has 26 heavy (non-hydrogen) atoms. The lowest BCUT2D eigenvalue weighted by Gasteiger charge is -2.26. The molecule has 0 radical (unpaired) electrons. The number of nitrogens with zero attached hydrogens (tertiary/aromatic N) is 2. The van der Waals surface area contributed by atoms with Crippen molar-refractivity contribution < 1.29 is 13.5 Å². The summed E-state index contributed by atoms with van der Waals surface area (Å²) in [6.07, 6.45) is 10.1. The third-order valence-electron chi connectivity index (χ3n) is 5.24. The number of sulfone groups is 1. The molecule has 0 unspecified atom stereocenters. The molecule has 2 N–H and O–H groups in total. The molecule has 0 spiro atoms. The Bertz CT molecular complexity index is 848. The second-order valence-electron chi connectivity index (χ2n) is 7.34. The van der Waals surface area contributed by atoms with Gasteiger partial charge in [0.05, 0.1) is 10.4 Å². The maximum atomic E-state index is 11.8. The van der Waals surface area contributed by atoms with Gasteiger partial charge in [-0.05, 0) is 36.5 Å². The van der Waals surface area contributed by atoms with E-state index >= 15 is 0 Å². The molecule has 1 atom stereocenters. The van der Waals surface area contributed by atoms with Crippen molar-refractivity contribution in [1.82, 2.24) is 9.97 Å². The molecule has 1 saturated carbocycles. The first-order chi connectivity index (χ1) is 12.5. The van der Waals surface area contributed by atoms with E-state index in [4.69, 9.17) is 0 Å². The van der Waals surface area contributed by atoms with Crippen LogP contribution in [0.5, 0.6) is 0 Å². The molecule has 1 aromatic heterocycles. The number of aromatic nitrogens is 2. The first-order valence-electron chi connectivity index (χ1n) is 9.27. The Labute approximate surface area is 155 Å². The molecule has 0 bridgehead atoms. The van der Waals surface area contributed by atoms with E-state index in [1.54, 1.807) is 18.2 Å². The highest BCUT2D eigenvalue weighted by atomic mass is 32.2. The van der Waals surface area contributed by atoms with E-state index in [-0.39, 0.29) is 17.4 Å². The van der Waals surface area contributed by atoms with Gasteiger partial charge in [0.2, 0.25) is 0 Å². The molecule has 0 saturated heterocycles. The number of benzene rings is 1. The zero-order chi connectivity index (χ0) is 18.6. The molecule has 1 fully saturated rings. The summed E-state index contributed by atoms with van der Waals surface area (Å²) < 4.78 is 23.7. The SMILES string of the molecule is CS(=O)(=O)c1ccc2ncnc(NC[C@@H](CO)CC3CCCCC3)c2c1. The summed E-state index contributed by atoms with van der Waals surface area (Å²) in [7, 11) is -3.29. The van der Waals surface area contributed by atoms with Crippen molar-refractivity contribution in [2.24, 2.45) is 11.8 Å². The Balaban J connectivity index is 1.74. The van der Waals surface area contributed by atoms with Crippen molar-refractivity contribution in [2.75, 3.05) is 24.7 Å². The summed E-state index contributed by atoms with van der Waals surface area (Å²) in [6, 6.07) is 4.88. The number of anilines is 1. The lowest BCUT2D eigenvalue weighted by molar-refractivity contribution is 0.192. The molecule has 0 aliphatic heterocycles. The summed E-state index contributed by atoms with van der Waals surface area (Å²) in [6.45, 7) is 0.753. The highest BCUT2D eigenvalue weighted by Gasteiger charge is 2.19. The molecule has 0 amide bonds. The van der Waals surface area contributed by atoms with Crippen LogP contribution in [0.15, 0.2) is 29.4 Å². The normalized spacial score (nSPS) is 17.3. The fourth-order valence-corrected chi connectivity index (χ4v) is 4.41. The van der Waals surface area contributed by atoms with E-state index in [1.165, 1.54) is 44.7 Å². The van der Waals surface area contributed by atoms with E-state index in [0.717, 1.165) is 6.42 Å². The molecule has 1 aromatic carbocycles. The van der Waals surface area contributed by atoms with E-state index in [2.05, 4.69) is 15.3 Å². The summed E-state index contributed by atoms with van der Waals surface area (Å²) in [5, 5.41) is 13.7. The van der Waals surface area contributed by atoms with E-state index in [9.17, 15) is 13.5 Å². The van der Waals surface area contributed by atoms with Crippen molar-refractivity contribution in [3.05, 3.63) is 24.5 Å². The zero-order valence-corrected chi connectivity index (χ0v) is 16.0. The van der Waals surface area contributed by atoms with Crippen LogP contribution in [-0.4, -0.2) is 42.9 Å². The van der Waals surface area contributed by atoms with Gasteiger partial charge in [-0.25, -0.2) is 18.4 Å². The monoisotopic (exact) mass is 377 g/mol. The maximum Gasteiger partial charge on any atom is 0.175 e. The average molecular weight is 378 g/mol.